The molecule has 0 bridgehead atoms. The van der Waals surface area contributed by atoms with E-state index >= 15 is 0 Å². The molecule has 118 valence electrons. The zero-order valence-electron chi connectivity index (χ0n) is 14.2. The average Bonchev–Trinajstić information content (AvgIpc) is 2.55. The molecule has 1 aliphatic heterocycles. The van der Waals surface area contributed by atoms with Gasteiger partial charge in [0, 0.05) is 5.70 Å². The Kier molecular flexibility index (Phi) is 4.71. The Morgan fingerprint density at radius 2 is 1.91 bits per heavy atom. The van der Waals surface area contributed by atoms with Crippen LogP contribution < -0.4 is 5.32 Å². The summed E-state index contributed by atoms with van der Waals surface area (Å²) in [4.78, 5) is 0. The van der Waals surface area contributed by atoms with Gasteiger partial charge in [0.05, 0.1) is 6.04 Å². The molecule has 1 aromatic carbocycles. The van der Waals surface area contributed by atoms with Crippen molar-refractivity contribution in [3.63, 3.8) is 0 Å². The van der Waals surface area contributed by atoms with Crippen molar-refractivity contribution in [3.8, 4) is 0 Å². The predicted octanol–water partition coefficient (Wildman–Crippen LogP) is 5.62. The molecule has 22 heavy (non-hydrogen) atoms. The van der Waals surface area contributed by atoms with Crippen molar-refractivity contribution in [1.29, 1.82) is 0 Å². The molecule has 0 aromatic heterocycles. The number of nitrogens with one attached hydrogen (secondary N) is 1. The SMILES string of the molecule is CCCCC1C(C)C2=CC(C)CC=C2NC1c1ccccc1. The van der Waals surface area contributed by atoms with E-state index in [1.807, 2.05) is 0 Å². The van der Waals surface area contributed by atoms with Crippen LogP contribution in [0, 0.1) is 17.8 Å². The van der Waals surface area contributed by atoms with E-state index in [0.717, 1.165) is 0 Å². The van der Waals surface area contributed by atoms with E-state index in [9.17, 15) is 0 Å². The van der Waals surface area contributed by atoms with Crippen molar-refractivity contribution in [2.75, 3.05) is 0 Å². The fraction of sp³-hybridized carbons (Fsp3) is 0.524. The highest BCUT2D eigenvalue weighted by Crippen LogP contribution is 2.44. The molecule has 1 heteroatoms. The highest BCUT2D eigenvalue weighted by molar-refractivity contribution is 5.40. The Balaban J connectivity index is 1.92. The van der Waals surface area contributed by atoms with Crippen molar-refractivity contribution in [1.82, 2.24) is 5.32 Å². The number of hydrogen-bond donors (Lipinski definition) is 1. The van der Waals surface area contributed by atoms with Gasteiger partial charge in [-0.1, -0.05) is 76.1 Å². The first-order valence-corrected chi connectivity index (χ1v) is 8.94. The molecule has 1 N–H and O–H groups in total. The molecule has 3 rings (SSSR count). The minimum Gasteiger partial charge on any atom is -0.378 e. The van der Waals surface area contributed by atoms with Crippen molar-refractivity contribution in [3.05, 3.63) is 59.3 Å². The van der Waals surface area contributed by atoms with Crippen LogP contribution in [-0.2, 0) is 0 Å². The van der Waals surface area contributed by atoms with E-state index in [2.05, 4.69) is 68.6 Å². The maximum absolute atomic E-state index is 3.87. The summed E-state index contributed by atoms with van der Waals surface area (Å²) in [5.41, 5.74) is 4.40. The Morgan fingerprint density at radius 1 is 1.14 bits per heavy atom. The summed E-state index contributed by atoms with van der Waals surface area (Å²) in [5.74, 6) is 2.02. The highest BCUT2D eigenvalue weighted by Gasteiger charge is 2.36. The first-order valence-electron chi connectivity index (χ1n) is 8.94. The molecule has 4 atom stereocenters. The summed E-state index contributed by atoms with van der Waals surface area (Å²) in [7, 11) is 0. The van der Waals surface area contributed by atoms with Crippen LogP contribution in [0.25, 0.3) is 0 Å². The maximum Gasteiger partial charge on any atom is 0.0547 e. The molecule has 0 radical (unpaired) electrons. The molecule has 0 spiro atoms. The van der Waals surface area contributed by atoms with Gasteiger partial charge in [0.15, 0.2) is 0 Å². The van der Waals surface area contributed by atoms with Crippen LogP contribution in [-0.4, -0.2) is 0 Å². The van der Waals surface area contributed by atoms with E-state index in [0.29, 0.717) is 23.8 Å². The highest BCUT2D eigenvalue weighted by atomic mass is 15.0. The van der Waals surface area contributed by atoms with Gasteiger partial charge in [0.2, 0.25) is 0 Å². The van der Waals surface area contributed by atoms with Gasteiger partial charge in [0.1, 0.15) is 0 Å². The molecule has 1 aromatic rings. The van der Waals surface area contributed by atoms with Crippen LogP contribution in [0.5, 0.6) is 0 Å². The molecule has 0 amide bonds. The Hall–Kier alpha value is -1.50. The smallest absolute Gasteiger partial charge is 0.0547 e. The van der Waals surface area contributed by atoms with Gasteiger partial charge >= 0.3 is 0 Å². The average molecular weight is 295 g/mol. The van der Waals surface area contributed by atoms with E-state index in [4.69, 9.17) is 0 Å². The third-order valence-corrected chi connectivity index (χ3v) is 5.39. The van der Waals surface area contributed by atoms with E-state index in [1.54, 1.807) is 5.57 Å². The molecule has 1 heterocycles. The second-order valence-electron chi connectivity index (χ2n) is 7.08. The maximum atomic E-state index is 3.87. The molecule has 1 aliphatic carbocycles. The van der Waals surface area contributed by atoms with E-state index < -0.39 is 0 Å². The molecule has 1 fully saturated rings. The first-order chi connectivity index (χ1) is 10.7. The number of hydrogen-bond acceptors (Lipinski definition) is 1. The van der Waals surface area contributed by atoms with Gasteiger partial charge in [-0.2, -0.15) is 0 Å². The van der Waals surface area contributed by atoms with E-state index in [1.165, 1.54) is 36.9 Å². The molecule has 1 nitrogen and oxygen atoms in total. The van der Waals surface area contributed by atoms with Crippen molar-refractivity contribution in [2.24, 2.45) is 17.8 Å². The van der Waals surface area contributed by atoms with E-state index in [-0.39, 0.29) is 0 Å². The standard InChI is InChI=1S/C21H29N/c1-4-5-11-18-16(3)19-14-15(2)12-13-20(19)22-21(18)17-9-7-6-8-10-17/h6-10,13-16,18,21-22H,4-5,11-12H2,1-3H3. The second kappa shape index (κ2) is 6.73. The molecular formula is C21H29N. The van der Waals surface area contributed by atoms with Crippen LogP contribution >= 0.6 is 0 Å². The molecule has 4 unspecified atom stereocenters. The van der Waals surface area contributed by atoms with Gasteiger partial charge in [-0.3, -0.25) is 0 Å². The summed E-state index contributed by atoms with van der Waals surface area (Å²) in [6.45, 7) is 7.07. The third kappa shape index (κ3) is 2.99. The number of fused-ring (bicyclic) bond motifs is 1. The predicted molar refractivity (Wildman–Crippen MR) is 94.4 cm³/mol. The van der Waals surface area contributed by atoms with Gasteiger partial charge < -0.3 is 5.32 Å². The zero-order chi connectivity index (χ0) is 15.5. The fourth-order valence-corrected chi connectivity index (χ4v) is 4.07. The van der Waals surface area contributed by atoms with Crippen LogP contribution in [0.15, 0.2) is 53.8 Å². The minimum absolute atomic E-state index is 0.458. The van der Waals surface area contributed by atoms with Gasteiger partial charge in [-0.15, -0.1) is 0 Å². The van der Waals surface area contributed by atoms with Crippen LogP contribution in [0.1, 0.15) is 58.1 Å². The molecule has 2 aliphatic rings. The summed E-state index contributed by atoms with van der Waals surface area (Å²) in [6, 6.07) is 11.5. The number of rotatable bonds is 4. The lowest BCUT2D eigenvalue weighted by Gasteiger charge is -2.43. The topological polar surface area (TPSA) is 12.0 Å². The van der Waals surface area contributed by atoms with Crippen molar-refractivity contribution >= 4 is 0 Å². The molecule has 1 saturated heterocycles. The van der Waals surface area contributed by atoms with Gasteiger partial charge in [-0.25, -0.2) is 0 Å². The normalized spacial score (nSPS) is 30.9. The summed E-state index contributed by atoms with van der Waals surface area (Å²) < 4.78 is 0. The summed E-state index contributed by atoms with van der Waals surface area (Å²) in [6.07, 6.45) is 10.0. The van der Waals surface area contributed by atoms with Crippen LogP contribution in [0.2, 0.25) is 0 Å². The third-order valence-electron chi connectivity index (χ3n) is 5.39. The van der Waals surface area contributed by atoms with Crippen LogP contribution in [0.3, 0.4) is 0 Å². The lowest BCUT2D eigenvalue weighted by Crippen LogP contribution is -2.40. The van der Waals surface area contributed by atoms with Crippen molar-refractivity contribution < 1.29 is 0 Å². The summed E-state index contributed by atoms with van der Waals surface area (Å²) >= 11 is 0. The van der Waals surface area contributed by atoms with Gasteiger partial charge in [-0.05, 0) is 41.7 Å². The molecule has 0 saturated carbocycles. The number of unbranched alkanes of at least 4 members (excludes halogenated alkanes) is 1. The largest absolute Gasteiger partial charge is 0.378 e. The lowest BCUT2D eigenvalue weighted by atomic mass is 9.71. The minimum atomic E-state index is 0.458. The second-order valence-corrected chi connectivity index (χ2v) is 7.08. The Labute approximate surface area is 135 Å². The first kappa shape index (κ1) is 15.4. The lowest BCUT2D eigenvalue weighted by molar-refractivity contribution is 0.252. The van der Waals surface area contributed by atoms with Gasteiger partial charge in [0.25, 0.3) is 0 Å². The van der Waals surface area contributed by atoms with Crippen LogP contribution in [0.4, 0.5) is 0 Å². The number of piperidine rings is 1. The Bertz CT molecular complexity index is 555. The number of allylic oxidation sites excluding steroid dienone is 3. The summed E-state index contributed by atoms with van der Waals surface area (Å²) in [5, 5.41) is 3.87. The zero-order valence-corrected chi connectivity index (χ0v) is 14.2. The molecular weight excluding hydrogens is 266 g/mol. The Morgan fingerprint density at radius 3 is 2.64 bits per heavy atom. The quantitative estimate of drug-likeness (QED) is 0.759. The monoisotopic (exact) mass is 295 g/mol. The number of benzene rings is 1. The fourth-order valence-electron chi connectivity index (χ4n) is 4.07. The van der Waals surface area contributed by atoms with Crippen molar-refractivity contribution in [2.45, 2.75) is 52.5 Å².